The number of ether oxygens (including phenoxy) is 2. The molecule has 0 spiro atoms. The van der Waals surface area contributed by atoms with Gasteiger partial charge in [-0.05, 0) is 79.1 Å². The normalized spacial score (nSPS) is 13.5. The predicted molar refractivity (Wildman–Crippen MR) is 193 cm³/mol. The van der Waals surface area contributed by atoms with Crippen molar-refractivity contribution < 1.29 is 23.9 Å². The van der Waals surface area contributed by atoms with Gasteiger partial charge in [0.2, 0.25) is 0 Å². The standard InChI is InChI=1S/C23H26N2O5.C14H15N3O2.ClH/c1-23(2,3)30-21(27)24-20(26)18-10-9-17-11-12-25(14-19(17)13-18)22(28)29-15-16-7-5-4-6-8-16;15-6-8-1-2-9-3-4-17(7-10(9)5-8)12-11(16)13(18)14(12)19;/h4-10,13H,11-12,14-15H2,1-3H3,(H,24,26,27);1-2,5H,3-4,6-7,15-16H2;1H. The van der Waals surface area contributed by atoms with E-state index in [1.807, 2.05) is 47.4 Å². The number of rotatable bonds is 5. The highest BCUT2D eigenvalue weighted by atomic mass is 35.5. The van der Waals surface area contributed by atoms with Gasteiger partial charge in [0.25, 0.3) is 16.8 Å². The fraction of sp³-hybridized carbons (Fsp3) is 0.324. The van der Waals surface area contributed by atoms with Crippen LogP contribution in [0.25, 0.3) is 0 Å². The molecule has 0 fully saturated rings. The Bertz CT molecular complexity index is 1930. The number of nitrogen functional groups attached to an aromatic ring is 1. The first-order valence-corrected chi connectivity index (χ1v) is 16.1. The lowest BCUT2D eigenvalue weighted by Gasteiger charge is -2.31. The monoisotopic (exact) mass is 703 g/mol. The van der Waals surface area contributed by atoms with Crippen LogP contribution in [0.15, 0.2) is 76.3 Å². The van der Waals surface area contributed by atoms with Gasteiger partial charge in [-0.3, -0.25) is 19.7 Å². The summed E-state index contributed by atoms with van der Waals surface area (Å²) in [6, 6.07) is 20.9. The summed E-state index contributed by atoms with van der Waals surface area (Å²) in [5, 5.41) is 2.23. The van der Waals surface area contributed by atoms with Crippen molar-refractivity contribution in [1.82, 2.24) is 10.2 Å². The van der Waals surface area contributed by atoms with E-state index in [-0.39, 0.29) is 24.7 Å². The SMILES string of the molecule is CC(C)(C)OC(=O)NC(=O)c1ccc2c(c1)CN(C(=O)OCc1ccccc1)CC2.Cl.NCc1ccc2c(c1)CN(c1c(N)c(=O)c1=O)CC2. The molecular weight excluding hydrogens is 662 g/mol. The van der Waals surface area contributed by atoms with Crippen LogP contribution < -0.4 is 32.5 Å². The van der Waals surface area contributed by atoms with Crippen LogP contribution in [-0.2, 0) is 48.6 Å². The van der Waals surface area contributed by atoms with Crippen LogP contribution >= 0.6 is 12.4 Å². The summed E-state index contributed by atoms with van der Waals surface area (Å²) < 4.78 is 10.5. The second kappa shape index (κ2) is 16.0. The molecule has 4 aromatic carbocycles. The molecule has 0 unspecified atom stereocenters. The second-order valence-electron chi connectivity index (χ2n) is 13.1. The minimum absolute atomic E-state index is 0. The van der Waals surface area contributed by atoms with Crippen LogP contribution in [0.5, 0.6) is 0 Å². The van der Waals surface area contributed by atoms with E-state index in [1.54, 1.807) is 37.8 Å². The Kier molecular flexibility index (Phi) is 12.0. The zero-order valence-corrected chi connectivity index (χ0v) is 29.1. The smallest absolute Gasteiger partial charge is 0.414 e. The summed E-state index contributed by atoms with van der Waals surface area (Å²) in [7, 11) is 0. The van der Waals surface area contributed by atoms with E-state index in [4.69, 9.17) is 20.9 Å². The van der Waals surface area contributed by atoms with Gasteiger partial charge < -0.3 is 30.7 Å². The minimum Gasteiger partial charge on any atom is -0.445 e. The maximum Gasteiger partial charge on any atom is 0.414 e. The topological polar surface area (TPSA) is 174 Å². The van der Waals surface area contributed by atoms with Crippen molar-refractivity contribution in [1.29, 1.82) is 0 Å². The Hall–Kier alpha value is -5.20. The number of nitrogens with zero attached hydrogens (tertiary/aromatic N) is 2. The van der Waals surface area contributed by atoms with Gasteiger partial charge in [-0.2, -0.15) is 0 Å². The molecule has 0 atom stereocenters. The number of imide groups is 1. The molecular formula is C37H42ClN5O7. The summed E-state index contributed by atoms with van der Waals surface area (Å²) in [6.45, 7) is 8.09. The maximum atomic E-state index is 12.4. The van der Waals surface area contributed by atoms with Gasteiger partial charge in [0.15, 0.2) is 0 Å². The number of hydrogen-bond acceptors (Lipinski definition) is 10. The largest absolute Gasteiger partial charge is 0.445 e. The van der Waals surface area contributed by atoms with Crippen LogP contribution in [0.3, 0.4) is 0 Å². The van der Waals surface area contributed by atoms with Crippen molar-refractivity contribution in [2.45, 2.75) is 65.5 Å². The first-order chi connectivity index (χ1) is 23.3. The van der Waals surface area contributed by atoms with Gasteiger partial charge in [0.1, 0.15) is 23.6 Å². The highest BCUT2D eigenvalue weighted by Crippen LogP contribution is 2.26. The van der Waals surface area contributed by atoms with E-state index in [0.29, 0.717) is 50.4 Å². The number of nitrogens with two attached hydrogens (primary N) is 2. The summed E-state index contributed by atoms with van der Waals surface area (Å²) in [5.74, 6) is -0.546. The third-order valence-corrected chi connectivity index (χ3v) is 8.31. The van der Waals surface area contributed by atoms with Crippen molar-refractivity contribution in [3.05, 3.63) is 126 Å². The van der Waals surface area contributed by atoms with Crippen LogP contribution in [-0.4, -0.2) is 41.7 Å². The van der Waals surface area contributed by atoms with E-state index in [0.717, 1.165) is 34.2 Å². The fourth-order valence-corrected chi connectivity index (χ4v) is 5.77. The van der Waals surface area contributed by atoms with E-state index in [9.17, 15) is 24.0 Å². The number of fused-ring (bicyclic) bond motifs is 2. The number of alkyl carbamates (subject to hydrolysis) is 1. The molecule has 50 heavy (non-hydrogen) atoms. The summed E-state index contributed by atoms with van der Waals surface area (Å²) in [5.41, 5.74) is 16.7. The lowest BCUT2D eigenvalue weighted by atomic mass is 9.96. The molecule has 0 radical (unpaired) electrons. The number of halogens is 1. The van der Waals surface area contributed by atoms with Crippen molar-refractivity contribution in [2.24, 2.45) is 5.73 Å². The number of amides is 3. The molecule has 0 saturated heterocycles. The van der Waals surface area contributed by atoms with Crippen molar-refractivity contribution in [3.63, 3.8) is 0 Å². The fourth-order valence-electron chi connectivity index (χ4n) is 5.77. The molecule has 4 aromatic rings. The second-order valence-corrected chi connectivity index (χ2v) is 13.1. The number of hydrogen-bond donors (Lipinski definition) is 3. The maximum absolute atomic E-state index is 12.4. The Morgan fingerprint density at radius 2 is 1.48 bits per heavy atom. The average Bonchev–Trinajstić information content (AvgIpc) is 3.09. The zero-order valence-electron chi connectivity index (χ0n) is 28.3. The lowest BCUT2D eigenvalue weighted by molar-refractivity contribution is 0.0508. The molecule has 0 bridgehead atoms. The van der Waals surface area contributed by atoms with Crippen LogP contribution in [0, 0.1) is 0 Å². The lowest BCUT2D eigenvalue weighted by Crippen LogP contribution is -2.44. The molecule has 6 rings (SSSR count). The summed E-state index contributed by atoms with van der Waals surface area (Å²) in [4.78, 5) is 62.9. The third-order valence-electron chi connectivity index (χ3n) is 8.31. The molecule has 2 aliphatic rings. The van der Waals surface area contributed by atoms with Crippen LogP contribution in [0.2, 0.25) is 0 Å². The van der Waals surface area contributed by atoms with Gasteiger partial charge in [0, 0.05) is 38.3 Å². The van der Waals surface area contributed by atoms with E-state index in [1.165, 1.54) is 5.56 Å². The number of carbonyl (C=O) groups excluding carboxylic acids is 3. The first kappa shape index (κ1) is 37.6. The quantitative estimate of drug-likeness (QED) is 0.254. The van der Waals surface area contributed by atoms with E-state index >= 15 is 0 Å². The molecule has 5 N–H and O–H groups in total. The van der Waals surface area contributed by atoms with E-state index in [2.05, 4.69) is 17.4 Å². The number of anilines is 2. The zero-order chi connectivity index (χ0) is 35.3. The van der Waals surface area contributed by atoms with Crippen molar-refractivity contribution >= 4 is 41.9 Å². The van der Waals surface area contributed by atoms with Gasteiger partial charge in [-0.15, -0.1) is 12.4 Å². The molecule has 12 nitrogen and oxygen atoms in total. The molecule has 2 aliphatic heterocycles. The molecule has 3 amide bonds. The highest BCUT2D eigenvalue weighted by Gasteiger charge is 2.27. The van der Waals surface area contributed by atoms with E-state index < -0.39 is 34.6 Å². The average molecular weight is 704 g/mol. The minimum atomic E-state index is -0.795. The predicted octanol–water partition coefficient (Wildman–Crippen LogP) is 4.35. The molecule has 264 valence electrons. The van der Waals surface area contributed by atoms with Crippen LogP contribution in [0.1, 0.15) is 64.5 Å². The molecule has 13 heteroatoms. The number of benzene rings is 3. The number of nitrogens with one attached hydrogen (secondary N) is 1. The summed E-state index contributed by atoms with van der Waals surface area (Å²) >= 11 is 0. The van der Waals surface area contributed by atoms with Crippen LogP contribution in [0.4, 0.5) is 21.0 Å². The third kappa shape index (κ3) is 9.07. The Morgan fingerprint density at radius 1 is 0.820 bits per heavy atom. The Labute approximate surface area is 296 Å². The Morgan fingerprint density at radius 3 is 2.14 bits per heavy atom. The number of carbonyl (C=O) groups is 3. The highest BCUT2D eigenvalue weighted by molar-refractivity contribution is 6.03. The van der Waals surface area contributed by atoms with Gasteiger partial charge in [0.05, 0.1) is 0 Å². The van der Waals surface area contributed by atoms with Crippen molar-refractivity contribution in [3.8, 4) is 0 Å². The van der Waals surface area contributed by atoms with Gasteiger partial charge in [-0.1, -0.05) is 54.6 Å². The van der Waals surface area contributed by atoms with Gasteiger partial charge in [-0.25, -0.2) is 9.59 Å². The summed E-state index contributed by atoms with van der Waals surface area (Å²) in [6.07, 6.45) is 0.326. The first-order valence-electron chi connectivity index (χ1n) is 16.1. The molecule has 0 aromatic heterocycles. The molecule has 0 saturated carbocycles. The molecule has 2 heterocycles. The molecule has 0 aliphatic carbocycles. The van der Waals surface area contributed by atoms with Gasteiger partial charge >= 0.3 is 12.2 Å². The van der Waals surface area contributed by atoms with Crippen molar-refractivity contribution in [2.75, 3.05) is 23.7 Å². The Balaban J connectivity index is 0.000000241.